The molecule has 6 heterocycles. The number of rotatable bonds is 3. The lowest BCUT2D eigenvalue weighted by Crippen LogP contribution is -2.43. The first-order valence-electron chi connectivity index (χ1n) is 17.0. The number of hydrogen-bond donors (Lipinski definition) is 0. The first-order chi connectivity index (χ1) is 23.0. The van der Waals surface area contributed by atoms with Crippen molar-refractivity contribution in [1.29, 1.82) is 0 Å². The maximum Gasteiger partial charge on any atom is 0.263 e. The molecule has 0 N–H and O–H groups in total. The number of fused-ring (bicyclic) bond motifs is 6. The number of benzene rings is 2. The zero-order valence-electron chi connectivity index (χ0n) is 27.3. The maximum atomic E-state index is 13.5. The first kappa shape index (κ1) is 30.2. The lowest BCUT2D eigenvalue weighted by molar-refractivity contribution is -0.133. The van der Waals surface area contributed by atoms with Crippen molar-refractivity contribution in [1.82, 2.24) is 34.3 Å². The number of carbonyl (C=O) groups is 1. The van der Waals surface area contributed by atoms with Gasteiger partial charge in [-0.1, -0.05) is 18.2 Å². The van der Waals surface area contributed by atoms with Crippen LogP contribution in [-0.2, 0) is 23.1 Å². The summed E-state index contributed by atoms with van der Waals surface area (Å²) in [5.74, 6) is 1.41. The molecule has 3 saturated heterocycles. The summed E-state index contributed by atoms with van der Waals surface area (Å²) < 4.78 is 22.9. The molecule has 0 aliphatic carbocycles. The molecule has 0 radical (unpaired) electrons. The van der Waals surface area contributed by atoms with Crippen molar-refractivity contribution in [3.05, 3.63) is 59.4 Å². The Labute approximate surface area is 275 Å². The zero-order valence-corrected chi connectivity index (χ0v) is 27.3. The number of piperazine rings is 1. The maximum absolute atomic E-state index is 13.5. The van der Waals surface area contributed by atoms with E-state index in [1.54, 1.807) is 4.68 Å². The van der Waals surface area contributed by atoms with Gasteiger partial charge < -0.3 is 24.0 Å². The number of aromatic nitrogens is 4. The molecule has 246 valence electrons. The second-order valence-electron chi connectivity index (χ2n) is 13.2. The number of likely N-dealkylation sites (N-methyl/N-ethyl adjacent to an activating group) is 1. The Morgan fingerprint density at radius 3 is 2.66 bits per heavy atom. The molecule has 11 heteroatoms. The number of carbonyl (C=O) groups excluding carboxylic acids is 1. The van der Waals surface area contributed by atoms with Crippen molar-refractivity contribution in [2.75, 3.05) is 59.5 Å². The summed E-state index contributed by atoms with van der Waals surface area (Å²) in [4.78, 5) is 20.2. The molecule has 8 rings (SSSR count). The Kier molecular flexibility index (Phi) is 8.20. The van der Waals surface area contributed by atoms with Gasteiger partial charge in [-0.15, -0.1) is 0 Å². The Morgan fingerprint density at radius 1 is 0.915 bits per heavy atom. The third kappa shape index (κ3) is 6.03. The molecular formula is C36H43N7O4. The minimum absolute atomic E-state index is 0.00198. The van der Waals surface area contributed by atoms with Crippen LogP contribution in [0.25, 0.3) is 34.2 Å². The van der Waals surface area contributed by atoms with Crippen molar-refractivity contribution in [2.45, 2.75) is 44.6 Å². The molecule has 1 unspecified atom stereocenters. The average Bonchev–Trinajstić information content (AvgIpc) is 3.76. The topological polar surface area (TPSA) is 90.1 Å². The summed E-state index contributed by atoms with van der Waals surface area (Å²) >= 11 is 0. The number of hydrogen-bond acceptors (Lipinski definition) is 8. The molecule has 2 aromatic heterocycles. The van der Waals surface area contributed by atoms with Crippen molar-refractivity contribution in [3.8, 4) is 22.8 Å². The van der Waals surface area contributed by atoms with Crippen molar-refractivity contribution >= 4 is 29.0 Å². The van der Waals surface area contributed by atoms with Crippen LogP contribution in [0.3, 0.4) is 0 Å². The van der Waals surface area contributed by atoms with Gasteiger partial charge in [-0.25, -0.2) is 9.36 Å². The molecule has 4 aliphatic rings. The number of aryl methyl sites for hydroxylation is 1. The second kappa shape index (κ2) is 12.8. The summed E-state index contributed by atoms with van der Waals surface area (Å²) in [6.07, 6.45) is 9.11. The van der Waals surface area contributed by atoms with Gasteiger partial charge in [0.15, 0.2) is 12.3 Å². The average molecular weight is 638 g/mol. The largest absolute Gasteiger partial charge is 0.480 e. The molecule has 0 spiro atoms. The highest BCUT2D eigenvalue weighted by atomic mass is 16.5. The van der Waals surface area contributed by atoms with E-state index in [-0.39, 0.29) is 12.1 Å². The Hall–Kier alpha value is -4.19. The van der Waals surface area contributed by atoms with Crippen LogP contribution in [0.5, 0.6) is 11.6 Å². The van der Waals surface area contributed by atoms with Gasteiger partial charge in [-0.05, 0) is 67.8 Å². The third-order valence-corrected chi connectivity index (χ3v) is 9.98. The summed E-state index contributed by atoms with van der Waals surface area (Å²) in [6, 6.07) is 12.8. The molecule has 4 aliphatic heterocycles. The van der Waals surface area contributed by atoms with E-state index in [0.717, 1.165) is 97.6 Å². The SMILES string of the molecule is CN1CCN(Cc2ccc3c(c2)O[C@@H]2CCN(CCOc4c(cnn4C)-c4ccc5c(c4)c(nn5C4CCCCO4)/C=C/3)C2=O)CC1. The predicted molar refractivity (Wildman–Crippen MR) is 180 cm³/mol. The molecule has 1 amide bonds. The van der Waals surface area contributed by atoms with Crippen LogP contribution in [-0.4, -0.2) is 106 Å². The van der Waals surface area contributed by atoms with Gasteiger partial charge in [0.05, 0.1) is 29.5 Å². The fourth-order valence-corrected chi connectivity index (χ4v) is 7.18. The van der Waals surface area contributed by atoms with Gasteiger partial charge in [0.2, 0.25) is 5.88 Å². The van der Waals surface area contributed by atoms with E-state index in [1.165, 1.54) is 5.56 Å². The summed E-state index contributed by atoms with van der Waals surface area (Å²) in [6.45, 7) is 7.28. The monoisotopic (exact) mass is 637 g/mol. The van der Waals surface area contributed by atoms with Gasteiger partial charge >= 0.3 is 0 Å². The number of nitrogens with zero attached hydrogens (tertiary/aromatic N) is 7. The van der Waals surface area contributed by atoms with Crippen LogP contribution in [0.4, 0.5) is 0 Å². The molecule has 47 heavy (non-hydrogen) atoms. The normalized spacial score (nSPS) is 23.3. The van der Waals surface area contributed by atoms with Crippen molar-refractivity contribution in [2.24, 2.45) is 7.05 Å². The number of ether oxygens (including phenoxy) is 3. The fourth-order valence-electron chi connectivity index (χ4n) is 7.18. The van der Waals surface area contributed by atoms with E-state index in [9.17, 15) is 4.79 Å². The van der Waals surface area contributed by atoms with Crippen LogP contribution in [0.2, 0.25) is 0 Å². The van der Waals surface area contributed by atoms with Crippen LogP contribution in [0.15, 0.2) is 42.6 Å². The van der Waals surface area contributed by atoms with Crippen LogP contribution in [0.1, 0.15) is 48.7 Å². The molecule has 2 atom stereocenters. The van der Waals surface area contributed by atoms with E-state index < -0.39 is 6.10 Å². The highest BCUT2D eigenvalue weighted by Gasteiger charge is 2.34. The Morgan fingerprint density at radius 2 is 1.81 bits per heavy atom. The smallest absolute Gasteiger partial charge is 0.263 e. The molecule has 2 aromatic carbocycles. The van der Waals surface area contributed by atoms with E-state index in [4.69, 9.17) is 19.3 Å². The fraction of sp³-hybridized carbons (Fsp3) is 0.472. The molecule has 4 aromatic rings. The molecule has 4 bridgehead atoms. The second-order valence-corrected chi connectivity index (χ2v) is 13.2. The molecular weight excluding hydrogens is 594 g/mol. The van der Waals surface area contributed by atoms with Gasteiger partial charge in [-0.3, -0.25) is 9.69 Å². The van der Waals surface area contributed by atoms with E-state index in [1.807, 2.05) is 22.8 Å². The number of amides is 1. The first-order valence-corrected chi connectivity index (χ1v) is 17.0. The lowest BCUT2D eigenvalue weighted by Gasteiger charge is -2.32. The Balaban J connectivity index is 1.21. The minimum atomic E-state index is -0.534. The molecule has 0 saturated carbocycles. The van der Waals surface area contributed by atoms with E-state index in [0.29, 0.717) is 32.0 Å². The van der Waals surface area contributed by atoms with Gasteiger partial charge in [0.1, 0.15) is 12.4 Å². The highest BCUT2D eigenvalue weighted by molar-refractivity contribution is 5.94. The summed E-state index contributed by atoms with van der Waals surface area (Å²) in [5.41, 5.74) is 5.89. The van der Waals surface area contributed by atoms with Gasteiger partial charge in [0.25, 0.3) is 5.91 Å². The Bertz CT molecular complexity index is 1800. The van der Waals surface area contributed by atoms with Crippen molar-refractivity contribution < 1.29 is 19.0 Å². The highest BCUT2D eigenvalue weighted by Crippen LogP contribution is 2.36. The van der Waals surface area contributed by atoms with Crippen molar-refractivity contribution in [3.63, 3.8) is 0 Å². The standard InChI is InChI=1S/C36H43N7O4/c1-39-14-16-41(17-15-39)24-25-6-7-26-8-10-30-28-22-27(9-11-31(28)43(38-30)34-5-3-4-19-45-34)29-23-37-40(2)36(29)46-20-18-42-13-12-32(35(42)44)47-33(26)21-25/h6-11,21-23,32,34H,3-5,12-20,24H2,1-2H3/b10-8+/t32-,34?/m1/s1. The summed E-state index contributed by atoms with van der Waals surface area (Å²) in [7, 11) is 4.06. The minimum Gasteiger partial charge on any atom is -0.480 e. The van der Waals surface area contributed by atoms with Crippen LogP contribution in [0, 0.1) is 0 Å². The van der Waals surface area contributed by atoms with E-state index >= 15 is 0 Å². The quantitative estimate of drug-likeness (QED) is 0.326. The molecule has 3 fully saturated rings. The van der Waals surface area contributed by atoms with Crippen LogP contribution >= 0.6 is 0 Å². The van der Waals surface area contributed by atoms with Gasteiger partial charge in [-0.2, -0.15) is 10.2 Å². The summed E-state index contributed by atoms with van der Waals surface area (Å²) in [5, 5.41) is 10.7. The molecule has 11 nitrogen and oxygen atoms in total. The predicted octanol–water partition coefficient (Wildman–Crippen LogP) is 4.43. The third-order valence-electron chi connectivity index (χ3n) is 9.98. The lowest BCUT2D eigenvalue weighted by atomic mass is 10.0. The zero-order chi connectivity index (χ0) is 31.9. The van der Waals surface area contributed by atoms with Crippen LogP contribution < -0.4 is 9.47 Å². The van der Waals surface area contributed by atoms with Gasteiger partial charge in [0, 0.05) is 70.3 Å². The van der Waals surface area contributed by atoms with E-state index in [2.05, 4.69) is 70.5 Å².